The molecule has 6 heteroatoms. The van der Waals surface area contributed by atoms with E-state index < -0.39 is 0 Å². The zero-order chi connectivity index (χ0) is 22.1. The highest BCUT2D eigenvalue weighted by Gasteiger charge is 2.33. The molecular weight excluding hydrogens is 402 g/mol. The van der Waals surface area contributed by atoms with Gasteiger partial charge in [-0.25, -0.2) is 4.98 Å². The lowest BCUT2D eigenvalue weighted by Crippen LogP contribution is -2.41. The number of aromatic nitrogens is 2. The van der Waals surface area contributed by atoms with Crippen molar-refractivity contribution < 1.29 is 14.3 Å². The molecule has 0 saturated carbocycles. The third-order valence-electron chi connectivity index (χ3n) is 6.22. The second-order valence-electron chi connectivity index (χ2n) is 8.32. The number of para-hydroxylation sites is 1. The van der Waals surface area contributed by atoms with Crippen molar-refractivity contribution in [3.8, 4) is 17.2 Å². The number of benzene rings is 2. The molecule has 0 aliphatic carbocycles. The Morgan fingerprint density at radius 1 is 1.22 bits per heavy atom. The second kappa shape index (κ2) is 8.54. The van der Waals surface area contributed by atoms with E-state index in [1.54, 1.807) is 13.4 Å². The van der Waals surface area contributed by atoms with Crippen LogP contribution in [-0.4, -0.2) is 40.6 Å². The van der Waals surface area contributed by atoms with E-state index in [1.165, 1.54) is 0 Å². The quantitative estimate of drug-likeness (QED) is 0.563. The van der Waals surface area contributed by atoms with Gasteiger partial charge in [0.05, 0.1) is 37.5 Å². The third-order valence-corrected chi connectivity index (χ3v) is 6.22. The summed E-state index contributed by atoms with van der Waals surface area (Å²) in [5.41, 5.74) is 4.77. The number of nitrogens with zero attached hydrogens (tertiary/aromatic N) is 3. The second-order valence-corrected chi connectivity index (χ2v) is 8.32. The van der Waals surface area contributed by atoms with Crippen LogP contribution in [0, 0.1) is 6.92 Å². The molecule has 1 fully saturated rings. The molecule has 2 aromatic carbocycles. The van der Waals surface area contributed by atoms with Gasteiger partial charge in [0, 0.05) is 30.3 Å². The summed E-state index contributed by atoms with van der Waals surface area (Å²) in [4.78, 5) is 19.8. The van der Waals surface area contributed by atoms with E-state index in [-0.39, 0.29) is 11.9 Å². The minimum Gasteiger partial charge on any atom is -0.495 e. The van der Waals surface area contributed by atoms with Gasteiger partial charge < -0.3 is 18.9 Å². The first kappa shape index (κ1) is 20.4. The largest absolute Gasteiger partial charge is 0.495 e. The smallest absolute Gasteiger partial charge is 0.250 e. The number of amides is 1. The van der Waals surface area contributed by atoms with Crippen molar-refractivity contribution in [3.63, 3.8) is 0 Å². The standard InChI is InChI=1S/C26H27N3O3/c1-18-16-28(17-27-18)23-10-9-19(15-25(23)31-2)14-20-6-5-12-29(26(20)30)22-11-13-32-24-8-4-3-7-21(22)24/h3-4,7-10,14-17,22H,5-6,11-13H2,1-2H3/t22-/m0/s1. The lowest BCUT2D eigenvalue weighted by Gasteiger charge is -2.38. The Balaban J connectivity index is 1.43. The Labute approximate surface area is 188 Å². The summed E-state index contributed by atoms with van der Waals surface area (Å²) in [6.07, 6.45) is 8.31. The number of rotatable bonds is 4. The van der Waals surface area contributed by atoms with E-state index in [9.17, 15) is 4.79 Å². The Hall–Kier alpha value is -3.54. The van der Waals surface area contributed by atoms with Crippen molar-refractivity contribution in [1.29, 1.82) is 0 Å². The Kier molecular flexibility index (Phi) is 5.43. The van der Waals surface area contributed by atoms with Gasteiger partial charge in [-0.2, -0.15) is 0 Å². The van der Waals surface area contributed by atoms with E-state index >= 15 is 0 Å². The molecule has 0 unspecified atom stereocenters. The van der Waals surface area contributed by atoms with Crippen LogP contribution in [0.2, 0.25) is 0 Å². The molecule has 5 rings (SSSR count). The lowest BCUT2D eigenvalue weighted by atomic mass is 9.94. The summed E-state index contributed by atoms with van der Waals surface area (Å²) < 4.78 is 13.4. The summed E-state index contributed by atoms with van der Waals surface area (Å²) in [5.74, 6) is 1.75. The molecule has 1 atom stereocenters. The average molecular weight is 430 g/mol. The molecule has 2 aliphatic heterocycles. The van der Waals surface area contributed by atoms with Crippen LogP contribution in [0.5, 0.6) is 11.5 Å². The maximum Gasteiger partial charge on any atom is 0.250 e. The number of likely N-dealkylation sites (tertiary alicyclic amines) is 1. The fourth-order valence-corrected chi connectivity index (χ4v) is 4.66. The Bertz CT molecular complexity index is 1180. The van der Waals surface area contributed by atoms with E-state index in [0.29, 0.717) is 6.61 Å². The molecule has 0 radical (unpaired) electrons. The molecule has 0 bridgehead atoms. The van der Waals surface area contributed by atoms with Crippen LogP contribution in [-0.2, 0) is 4.79 Å². The molecule has 6 nitrogen and oxygen atoms in total. The molecule has 1 saturated heterocycles. The molecule has 164 valence electrons. The maximum absolute atomic E-state index is 13.5. The Morgan fingerprint density at radius 3 is 2.91 bits per heavy atom. The summed E-state index contributed by atoms with van der Waals surface area (Å²) in [7, 11) is 1.66. The third kappa shape index (κ3) is 3.77. The van der Waals surface area contributed by atoms with Gasteiger partial charge in [0.2, 0.25) is 5.91 Å². The molecule has 32 heavy (non-hydrogen) atoms. The highest BCUT2D eigenvalue weighted by Crippen LogP contribution is 2.38. The molecular formula is C26H27N3O3. The number of aryl methyl sites for hydroxylation is 1. The summed E-state index contributed by atoms with van der Waals surface area (Å²) in [6, 6.07) is 14.1. The zero-order valence-electron chi connectivity index (χ0n) is 18.5. The van der Waals surface area contributed by atoms with Gasteiger partial charge in [0.25, 0.3) is 0 Å². The first-order chi connectivity index (χ1) is 15.6. The van der Waals surface area contributed by atoms with Gasteiger partial charge in [-0.15, -0.1) is 0 Å². The Morgan fingerprint density at radius 2 is 2.09 bits per heavy atom. The molecule has 0 spiro atoms. The first-order valence-electron chi connectivity index (χ1n) is 11.1. The highest BCUT2D eigenvalue weighted by molar-refractivity contribution is 5.99. The lowest BCUT2D eigenvalue weighted by molar-refractivity contribution is -0.131. The van der Waals surface area contributed by atoms with Crippen molar-refractivity contribution in [3.05, 3.63) is 77.4 Å². The van der Waals surface area contributed by atoms with Gasteiger partial charge >= 0.3 is 0 Å². The van der Waals surface area contributed by atoms with Crippen LogP contribution in [0.1, 0.15) is 42.1 Å². The minimum atomic E-state index is 0.0672. The van der Waals surface area contributed by atoms with Gasteiger partial charge in [-0.3, -0.25) is 4.79 Å². The number of hydrogen-bond acceptors (Lipinski definition) is 4. The van der Waals surface area contributed by atoms with E-state index in [0.717, 1.165) is 65.4 Å². The number of methoxy groups -OCH3 is 1. The van der Waals surface area contributed by atoms with Crippen molar-refractivity contribution >= 4 is 12.0 Å². The molecule has 1 amide bonds. The van der Waals surface area contributed by atoms with Crippen LogP contribution in [0.4, 0.5) is 0 Å². The monoisotopic (exact) mass is 429 g/mol. The van der Waals surface area contributed by atoms with Crippen LogP contribution < -0.4 is 9.47 Å². The summed E-state index contributed by atoms with van der Waals surface area (Å²) in [5, 5.41) is 0. The number of fused-ring (bicyclic) bond motifs is 1. The molecule has 0 N–H and O–H groups in total. The van der Waals surface area contributed by atoms with Gasteiger partial charge in [-0.1, -0.05) is 24.3 Å². The predicted octanol–water partition coefficient (Wildman–Crippen LogP) is 4.72. The predicted molar refractivity (Wildman–Crippen MR) is 123 cm³/mol. The SMILES string of the molecule is COc1cc(C=C2CCCN([C@H]3CCOc4ccccc43)C2=O)ccc1-n1cnc(C)c1. The van der Waals surface area contributed by atoms with Crippen molar-refractivity contribution in [1.82, 2.24) is 14.5 Å². The fraction of sp³-hybridized carbons (Fsp3) is 0.308. The first-order valence-corrected chi connectivity index (χ1v) is 11.1. The van der Waals surface area contributed by atoms with E-state index in [1.807, 2.05) is 65.1 Å². The number of hydrogen-bond donors (Lipinski definition) is 0. The fourth-order valence-electron chi connectivity index (χ4n) is 4.66. The van der Waals surface area contributed by atoms with Crippen LogP contribution in [0.3, 0.4) is 0 Å². The minimum absolute atomic E-state index is 0.0672. The summed E-state index contributed by atoms with van der Waals surface area (Å²) in [6.45, 7) is 3.37. The van der Waals surface area contributed by atoms with Crippen LogP contribution >= 0.6 is 0 Å². The number of carbonyl (C=O) groups is 1. The van der Waals surface area contributed by atoms with E-state index in [2.05, 4.69) is 11.1 Å². The normalized spacial score (nSPS) is 19.6. The highest BCUT2D eigenvalue weighted by atomic mass is 16.5. The number of piperidine rings is 1. The van der Waals surface area contributed by atoms with Gasteiger partial charge in [-0.05, 0) is 49.6 Å². The maximum atomic E-state index is 13.5. The molecule has 2 aliphatic rings. The van der Waals surface area contributed by atoms with E-state index in [4.69, 9.17) is 9.47 Å². The topological polar surface area (TPSA) is 56.6 Å². The van der Waals surface area contributed by atoms with Crippen LogP contribution in [0.15, 0.2) is 60.6 Å². The van der Waals surface area contributed by atoms with Crippen LogP contribution in [0.25, 0.3) is 11.8 Å². The average Bonchev–Trinajstić information content (AvgIpc) is 3.26. The number of imidazole rings is 1. The van der Waals surface area contributed by atoms with Crippen molar-refractivity contribution in [2.75, 3.05) is 20.3 Å². The number of ether oxygens (including phenoxy) is 2. The molecule has 1 aromatic heterocycles. The van der Waals surface area contributed by atoms with Gasteiger partial charge in [0.15, 0.2) is 0 Å². The molecule has 3 heterocycles. The number of carbonyl (C=O) groups excluding carboxylic acids is 1. The van der Waals surface area contributed by atoms with Crippen molar-refractivity contribution in [2.45, 2.75) is 32.2 Å². The van der Waals surface area contributed by atoms with Gasteiger partial charge in [0.1, 0.15) is 11.5 Å². The van der Waals surface area contributed by atoms with Crippen molar-refractivity contribution in [2.24, 2.45) is 0 Å². The molecule has 3 aromatic rings. The zero-order valence-corrected chi connectivity index (χ0v) is 18.5. The summed E-state index contributed by atoms with van der Waals surface area (Å²) >= 11 is 0.